The number of piperazine rings is 1. The van der Waals surface area contributed by atoms with E-state index in [1.807, 2.05) is 0 Å². The van der Waals surface area contributed by atoms with Crippen molar-refractivity contribution in [3.63, 3.8) is 0 Å². The monoisotopic (exact) mass is 526 g/mol. The Morgan fingerprint density at radius 1 is 1.28 bits per heavy atom. The Kier molecular flexibility index (Phi) is 5.82. The third kappa shape index (κ3) is 4.57. The summed E-state index contributed by atoms with van der Waals surface area (Å²) in [5.74, 6) is -0.611. The zero-order valence-corrected chi connectivity index (χ0v) is 20.8. The number of aliphatic hydroxyl groups excluding tert-OH is 1. The number of aliphatic hydroxyl groups is 1. The van der Waals surface area contributed by atoms with E-state index in [1.54, 1.807) is 42.1 Å². The van der Waals surface area contributed by atoms with Crippen molar-refractivity contribution in [3.8, 4) is 16.3 Å². The van der Waals surface area contributed by atoms with Crippen molar-refractivity contribution >= 4 is 34.5 Å². The van der Waals surface area contributed by atoms with Crippen molar-refractivity contribution < 1.29 is 37.0 Å². The maximum atomic E-state index is 13.3. The summed E-state index contributed by atoms with van der Waals surface area (Å²) in [5.41, 5.74) is -0.380. The van der Waals surface area contributed by atoms with Gasteiger partial charge in [-0.3, -0.25) is 4.90 Å². The Morgan fingerprint density at radius 3 is 2.53 bits per heavy atom. The molecule has 3 aliphatic rings. The molecular weight excluding hydrogens is 501 g/mol. The van der Waals surface area contributed by atoms with Gasteiger partial charge in [-0.2, -0.15) is 4.98 Å². The molecule has 2 aromatic heterocycles. The lowest BCUT2D eigenvalue weighted by Crippen LogP contribution is -2.70. The Hall–Kier alpha value is -3.06. The van der Waals surface area contributed by atoms with Gasteiger partial charge in [0.15, 0.2) is 16.8 Å². The predicted octanol–water partition coefficient (Wildman–Crippen LogP) is 5.10. The van der Waals surface area contributed by atoms with Crippen LogP contribution in [0.25, 0.3) is 21.7 Å². The highest BCUT2D eigenvalue weighted by Gasteiger charge is 2.50. The summed E-state index contributed by atoms with van der Waals surface area (Å²) in [6.07, 6.45) is -4.31. The first-order chi connectivity index (χ1) is 16.8. The second-order valence-corrected chi connectivity index (χ2v) is 10.8. The number of fused-ring (bicyclic) bond motifs is 3. The van der Waals surface area contributed by atoms with E-state index in [1.165, 1.54) is 24.3 Å². The number of hydrogen-bond donors (Lipinski definition) is 1. The van der Waals surface area contributed by atoms with Crippen LogP contribution in [0.4, 0.5) is 24.0 Å². The first kappa shape index (κ1) is 24.6. The minimum Gasteiger partial charge on any atom is -0.444 e. The van der Waals surface area contributed by atoms with E-state index in [9.17, 15) is 23.1 Å². The zero-order valence-electron chi connectivity index (χ0n) is 20.0. The van der Waals surface area contributed by atoms with E-state index in [-0.39, 0.29) is 34.8 Å². The van der Waals surface area contributed by atoms with E-state index < -0.39 is 29.9 Å². The Bertz CT molecular complexity index is 1270. The summed E-state index contributed by atoms with van der Waals surface area (Å²) in [7, 11) is 0. The Labute approximate surface area is 208 Å². The molecule has 1 amide bonds. The van der Waals surface area contributed by atoms with Crippen molar-refractivity contribution in [3.05, 3.63) is 23.2 Å². The van der Waals surface area contributed by atoms with Gasteiger partial charge in [-0.15, -0.1) is 24.5 Å². The van der Waals surface area contributed by atoms with E-state index in [0.717, 1.165) is 6.42 Å². The number of piperidine rings is 1. The zero-order chi connectivity index (χ0) is 26.0. The van der Waals surface area contributed by atoms with Gasteiger partial charge in [0, 0.05) is 30.2 Å². The highest BCUT2D eigenvalue weighted by atomic mass is 32.1. The number of carbonyl (C=O) groups is 1. The highest BCUT2D eigenvalue weighted by Crippen LogP contribution is 2.45. The normalized spacial score (nSPS) is 20.9. The fourth-order valence-electron chi connectivity index (χ4n) is 4.63. The van der Waals surface area contributed by atoms with Crippen molar-refractivity contribution in [1.29, 1.82) is 0 Å². The minimum absolute atomic E-state index is 0.0758. The number of halogens is 3. The first-order valence-corrected chi connectivity index (χ1v) is 12.3. The number of amides is 1. The van der Waals surface area contributed by atoms with Crippen LogP contribution in [-0.2, 0) is 4.74 Å². The van der Waals surface area contributed by atoms with E-state index in [0.29, 0.717) is 23.7 Å². The molecule has 194 valence electrons. The molecule has 3 unspecified atom stereocenters. The van der Waals surface area contributed by atoms with Gasteiger partial charge in [0.2, 0.25) is 0 Å². The third-order valence-corrected chi connectivity index (χ3v) is 6.84. The average molecular weight is 527 g/mol. The SMILES string of the molecule is CC(O)c1cc(-c2nccs2)c2oc(N3CC4CC(C3)N4C(=O)OC(C)(C)C)nc2c1OC(F)(F)F. The molecule has 0 saturated carbocycles. The number of ether oxygens (including phenoxy) is 2. The second-order valence-electron chi connectivity index (χ2n) is 9.91. The summed E-state index contributed by atoms with van der Waals surface area (Å²) in [6.45, 7) is 7.51. The van der Waals surface area contributed by atoms with Gasteiger partial charge in [-0.1, -0.05) is 0 Å². The molecule has 3 fully saturated rings. The molecule has 0 aliphatic carbocycles. The maximum absolute atomic E-state index is 13.3. The molecule has 3 aromatic rings. The third-order valence-electron chi connectivity index (χ3n) is 6.04. The maximum Gasteiger partial charge on any atom is 0.573 e. The topological polar surface area (TPSA) is 101 Å². The Balaban J connectivity index is 1.53. The predicted molar refractivity (Wildman–Crippen MR) is 125 cm³/mol. The molecule has 3 atom stereocenters. The van der Waals surface area contributed by atoms with Crippen molar-refractivity contribution in [2.75, 3.05) is 18.0 Å². The standard InChI is InChI=1S/C23H25F3N4O5S/c1-11(31)14-8-15(19-27-5-6-36-19)17-16(18(14)34-23(24,25)26)28-20(33-17)29-9-12-7-13(10-29)30(12)21(32)35-22(2,3)4/h5-6,8,11-13,31H,7,9-10H2,1-4H3. The summed E-state index contributed by atoms with van der Waals surface area (Å²) in [6, 6.07) is 1.23. The summed E-state index contributed by atoms with van der Waals surface area (Å²) in [5, 5.41) is 12.5. The number of aromatic nitrogens is 2. The van der Waals surface area contributed by atoms with Gasteiger partial charge < -0.3 is 23.9 Å². The van der Waals surface area contributed by atoms with E-state index in [4.69, 9.17) is 9.15 Å². The number of hydrogen-bond acceptors (Lipinski definition) is 9. The van der Waals surface area contributed by atoms with Crippen molar-refractivity contribution in [2.45, 2.75) is 64.3 Å². The van der Waals surface area contributed by atoms with Crippen LogP contribution in [0.3, 0.4) is 0 Å². The minimum atomic E-state index is -5.00. The molecule has 3 aliphatic heterocycles. The van der Waals surface area contributed by atoms with Crippen LogP contribution in [0.5, 0.6) is 5.75 Å². The van der Waals surface area contributed by atoms with Gasteiger partial charge >= 0.3 is 12.5 Å². The Morgan fingerprint density at radius 2 is 1.97 bits per heavy atom. The van der Waals surface area contributed by atoms with Crippen LogP contribution < -0.4 is 9.64 Å². The van der Waals surface area contributed by atoms with Crippen LogP contribution in [0.1, 0.15) is 45.8 Å². The molecule has 6 rings (SSSR count). The number of anilines is 1. The van der Waals surface area contributed by atoms with Crippen LogP contribution in [0.15, 0.2) is 22.1 Å². The lowest BCUT2D eigenvalue weighted by Gasteiger charge is -2.55. The molecule has 13 heteroatoms. The summed E-state index contributed by atoms with van der Waals surface area (Å²) < 4.78 is 55.8. The molecule has 2 bridgehead atoms. The summed E-state index contributed by atoms with van der Waals surface area (Å²) >= 11 is 1.28. The molecule has 36 heavy (non-hydrogen) atoms. The summed E-state index contributed by atoms with van der Waals surface area (Å²) in [4.78, 5) is 24.7. The molecule has 5 heterocycles. The molecule has 9 nitrogen and oxygen atoms in total. The fourth-order valence-corrected chi connectivity index (χ4v) is 5.28. The lowest BCUT2D eigenvalue weighted by atomic mass is 9.88. The number of oxazole rings is 1. The van der Waals surface area contributed by atoms with Crippen LogP contribution in [0.2, 0.25) is 0 Å². The van der Waals surface area contributed by atoms with E-state index in [2.05, 4.69) is 14.7 Å². The number of thiazole rings is 1. The fraction of sp³-hybridized carbons (Fsp3) is 0.522. The van der Waals surface area contributed by atoms with Gasteiger partial charge in [0.25, 0.3) is 6.01 Å². The lowest BCUT2D eigenvalue weighted by molar-refractivity contribution is -0.274. The number of alkyl halides is 3. The van der Waals surface area contributed by atoms with Crippen molar-refractivity contribution in [2.24, 2.45) is 0 Å². The van der Waals surface area contributed by atoms with Crippen LogP contribution in [0, 0.1) is 0 Å². The van der Waals surface area contributed by atoms with Gasteiger partial charge in [0.1, 0.15) is 10.6 Å². The highest BCUT2D eigenvalue weighted by molar-refractivity contribution is 7.13. The van der Waals surface area contributed by atoms with Gasteiger partial charge in [-0.25, -0.2) is 9.78 Å². The molecule has 1 N–H and O–H groups in total. The average Bonchev–Trinajstić information content (AvgIpc) is 3.42. The largest absolute Gasteiger partial charge is 0.573 e. The molecule has 1 aromatic carbocycles. The second kappa shape index (κ2) is 8.51. The molecule has 3 saturated heterocycles. The number of nitrogens with zero attached hydrogens (tertiary/aromatic N) is 4. The van der Waals surface area contributed by atoms with Crippen molar-refractivity contribution in [1.82, 2.24) is 14.9 Å². The number of benzene rings is 1. The van der Waals surface area contributed by atoms with Gasteiger partial charge in [0.05, 0.1) is 23.8 Å². The van der Waals surface area contributed by atoms with Crippen LogP contribution >= 0.6 is 11.3 Å². The molecular formula is C23H25F3N4O5S. The van der Waals surface area contributed by atoms with Crippen LogP contribution in [-0.4, -0.2) is 63.2 Å². The van der Waals surface area contributed by atoms with E-state index >= 15 is 0 Å². The van der Waals surface area contributed by atoms with Gasteiger partial charge in [-0.05, 0) is 40.2 Å². The quantitative estimate of drug-likeness (QED) is 0.501. The first-order valence-electron chi connectivity index (χ1n) is 11.4. The molecule has 0 radical (unpaired) electrons. The smallest absolute Gasteiger partial charge is 0.444 e. The number of rotatable bonds is 4. The molecule has 0 spiro atoms. The number of carbonyl (C=O) groups excluding carboxylic acids is 1.